The molecule has 4 heterocycles. The second kappa shape index (κ2) is 12.5. The molecule has 1 N–H and O–H groups in total. The second-order valence-electron chi connectivity index (χ2n) is 18.2. The first-order valence-corrected chi connectivity index (χ1v) is 20.3. The number of phenolic OH excluding ortho intramolecular Hbond substituents is 1. The number of para-hydroxylation sites is 1. The first-order valence-electron chi connectivity index (χ1n) is 20.3. The lowest BCUT2D eigenvalue weighted by atomic mass is 9.79. The van der Waals surface area contributed by atoms with Crippen LogP contribution in [0.2, 0.25) is 0 Å². The first-order chi connectivity index (χ1) is 27.7. The van der Waals surface area contributed by atoms with Gasteiger partial charge in [0.05, 0.1) is 38.8 Å². The van der Waals surface area contributed by atoms with Crippen molar-refractivity contribution < 1.29 is 5.11 Å². The number of hydrogen-bond donors (Lipinski definition) is 1. The highest BCUT2D eigenvalue weighted by atomic mass is 16.3. The summed E-state index contributed by atoms with van der Waals surface area (Å²) in [4.78, 5) is 10.7. The summed E-state index contributed by atoms with van der Waals surface area (Å²) in [6.07, 6.45) is 1.93. The topological polar surface area (TPSA) is 55.3 Å². The average molecular weight is 757 g/mol. The molecule has 0 fully saturated rings. The number of phenols is 1. The van der Waals surface area contributed by atoms with Crippen LogP contribution in [0.4, 0.5) is 0 Å². The third-order valence-corrected chi connectivity index (χ3v) is 12.4. The Morgan fingerprint density at radius 3 is 2.16 bits per heavy atom. The van der Waals surface area contributed by atoms with Crippen LogP contribution in [-0.4, -0.2) is 24.0 Å². The first kappa shape index (κ1) is 35.9. The van der Waals surface area contributed by atoms with Gasteiger partial charge in [-0.2, -0.15) is 0 Å². The van der Waals surface area contributed by atoms with Crippen molar-refractivity contribution in [3.05, 3.63) is 149 Å². The van der Waals surface area contributed by atoms with Gasteiger partial charge in [0.2, 0.25) is 0 Å². The van der Waals surface area contributed by atoms with Gasteiger partial charge in [0, 0.05) is 44.7 Å². The predicted molar refractivity (Wildman–Crippen MR) is 243 cm³/mol. The van der Waals surface area contributed by atoms with E-state index in [1.54, 1.807) is 0 Å². The van der Waals surface area contributed by atoms with Crippen LogP contribution in [0, 0.1) is 20.8 Å². The number of aromatic hydroxyl groups is 1. The van der Waals surface area contributed by atoms with E-state index in [2.05, 4.69) is 187 Å². The Kier molecular flexibility index (Phi) is 7.75. The molecule has 10 rings (SSSR count). The Balaban J connectivity index is 1.31. The predicted octanol–water partition coefficient (Wildman–Crippen LogP) is 13.8. The van der Waals surface area contributed by atoms with Gasteiger partial charge in [0.25, 0.3) is 0 Å². The summed E-state index contributed by atoms with van der Waals surface area (Å²) in [6, 6.07) is 41.4. The molecule has 286 valence electrons. The van der Waals surface area contributed by atoms with Gasteiger partial charge in [-0.25, -0.2) is 4.98 Å². The summed E-state index contributed by atoms with van der Waals surface area (Å²) in [5, 5.41) is 17.2. The summed E-state index contributed by atoms with van der Waals surface area (Å²) in [5.41, 5.74) is 16.6. The maximum atomic E-state index is 12.4. The number of aryl methyl sites for hydroxylation is 3. The molecular formula is C53H48N4O. The summed E-state index contributed by atoms with van der Waals surface area (Å²) < 4.78 is 4.70. The normalized spacial score (nSPS) is 12.6. The molecule has 0 amide bonds. The zero-order valence-corrected chi connectivity index (χ0v) is 34.8. The molecular weight excluding hydrogens is 709 g/mol. The van der Waals surface area contributed by atoms with Crippen LogP contribution >= 0.6 is 0 Å². The lowest BCUT2D eigenvalue weighted by molar-refractivity contribution is 0.446. The molecule has 0 aliphatic carbocycles. The summed E-state index contributed by atoms with van der Waals surface area (Å²) in [6.45, 7) is 19.8. The minimum Gasteiger partial charge on any atom is -0.507 e. The van der Waals surface area contributed by atoms with E-state index < -0.39 is 0 Å². The average Bonchev–Trinajstić information content (AvgIpc) is 3.71. The molecule has 5 heteroatoms. The van der Waals surface area contributed by atoms with Crippen molar-refractivity contribution in [2.45, 2.75) is 73.1 Å². The second-order valence-corrected chi connectivity index (χ2v) is 18.2. The van der Waals surface area contributed by atoms with E-state index in [1.807, 2.05) is 6.20 Å². The number of pyridine rings is 2. The molecule has 0 bridgehead atoms. The van der Waals surface area contributed by atoms with Gasteiger partial charge in [-0.1, -0.05) is 120 Å². The number of rotatable bonds is 4. The monoisotopic (exact) mass is 756 g/mol. The lowest BCUT2D eigenvalue weighted by Gasteiger charge is -2.27. The van der Waals surface area contributed by atoms with E-state index in [4.69, 9.17) is 9.97 Å². The van der Waals surface area contributed by atoms with Crippen LogP contribution in [0.3, 0.4) is 0 Å². The molecule has 0 aliphatic heterocycles. The van der Waals surface area contributed by atoms with Crippen molar-refractivity contribution in [3.8, 4) is 45.1 Å². The molecule has 0 radical (unpaired) electrons. The number of fused-ring (bicyclic) bond motifs is 4. The summed E-state index contributed by atoms with van der Waals surface area (Å²) in [5.74, 6) is 0.971. The molecule has 0 saturated heterocycles. The molecule has 0 spiro atoms. The number of aromatic nitrogens is 4. The highest BCUT2D eigenvalue weighted by Gasteiger charge is 2.29. The Morgan fingerprint density at radius 1 is 0.603 bits per heavy atom. The zero-order valence-electron chi connectivity index (χ0n) is 34.8. The van der Waals surface area contributed by atoms with E-state index >= 15 is 0 Å². The van der Waals surface area contributed by atoms with E-state index in [-0.39, 0.29) is 16.6 Å². The minimum atomic E-state index is -0.304. The van der Waals surface area contributed by atoms with Gasteiger partial charge in [-0.05, 0) is 102 Å². The zero-order chi connectivity index (χ0) is 40.4. The number of nitrogens with zero attached hydrogens (tertiary/aromatic N) is 4. The Labute approximate surface area is 339 Å². The van der Waals surface area contributed by atoms with Crippen molar-refractivity contribution >= 4 is 49.1 Å². The molecule has 5 nitrogen and oxygen atoms in total. The molecule has 0 aliphatic rings. The SMILES string of the molecule is Cc1ccc(-n2c(-c3cc(C(C)(C)C)cc(C(C)(C)C)c3O)nc3c(-c4ccc5c(c4)c4nccc6ccc7c(C)c(C)n5c7c64)cccc32)c(-c2ccccc2)c1. The Bertz CT molecular complexity index is 3280. The quantitative estimate of drug-likeness (QED) is 0.144. The molecule has 10 aromatic rings. The highest BCUT2D eigenvalue weighted by Crippen LogP contribution is 2.46. The van der Waals surface area contributed by atoms with Gasteiger partial charge in [-0.3, -0.25) is 9.55 Å². The fraction of sp³-hybridized carbons (Fsp3) is 0.208. The van der Waals surface area contributed by atoms with Gasteiger partial charge < -0.3 is 9.51 Å². The number of benzene rings is 6. The smallest absolute Gasteiger partial charge is 0.149 e. The molecule has 0 saturated carbocycles. The number of hydrogen-bond acceptors (Lipinski definition) is 3. The van der Waals surface area contributed by atoms with Crippen LogP contribution < -0.4 is 0 Å². The van der Waals surface area contributed by atoms with E-state index in [0.29, 0.717) is 5.82 Å². The van der Waals surface area contributed by atoms with E-state index in [9.17, 15) is 5.11 Å². The minimum absolute atomic E-state index is 0.162. The summed E-state index contributed by atoms with van der Waals surface area (Å²) >= 11 is 0. The molecule has 0 atom stereocenters. The van der Waals surface area contributed by atoms with E-state index in [1.165, 1.54) is 38.5 Å². The van der Waals surface area contributed by atoms with Gasteiger partial charge in [0.1, 0.15) is 11.6 Å². The molecule has 4 aromatic heterocycles. The Morgan fingerprint density at radius 2 is 1.40 bits per heavy atom. The third-order valence-electron chi connectivity index (χ3n) is 12.4. The fourth-order valence-electron chi connectivity index (χ4n) is 9.17. The molecule has 58 heavy (non-hydrogen) atoms. The standard InChI is InChI=1S/C53H48N4O/c1-30-18-22-43(39(26-30)33-14-11-10-12-15-33)57-45-17-13-16-38(47(45)55-51(57)41-28-36(52(4,5)6)29-42(50(41)58)53(7,8)9)35-20-23-44-40(27-35)48-46-34(24-25-54-48)19-21-37-31(2)32(3)56(44)49(37)46/h10-29,58H,1-9H3. The summed E-state index contributed by atoms with van der Waals surface area (Å²) in [7, 11) is 0. The van der Waals surface area contributed by atoms with Crippen molar-refractivity contribution in [2.75, 3.05) is 0 Å². The van der Waals surface area contributed by atoms with Gasteiger partial charge in [0.15, 0.2) is 0 Å². The van der Waals surface area contributed by atoms with Gasteiger partial charge >= 0.3 is 0 Å². The fourth-order valence-corrected chi connectivity index (χ4v) is 9.17. The van der Waals surface area contributed by atoms with Gasteiger partial charge in [-0.15, -0.1) is 0 Å². The van der Waals surface area contributed by atoms with Crippen LogP contribution in [-0.2, 0) is 10.8 Å². The molecule has 6 aromatic carbocycles. The lowest BCUT2D eigenvalue weighted by Crippen LogP contribution is -2.17. The largest absolute Gasteiger partial charge is 0.507 e. The maximum absolute atomic E-state index is 12.4. The number of imidazole rings is 1. The molecule has 0 unspecified atom stereocenters. The van der Waals surface area contributed by atoms with E-state index in [0.717, 1.165) is 72.1 Å². The van der Waals surface area contributed by atoms with Crippen LogP contribution in [0.1, 0.15) is 69.5 Å². The van der Waals surface area contributed by atoms with Crippen molar-refractivity contribution in [3.63, 3.8) is 0 Å². The highest BCUT2D eigenvalue weighted by molar-refractivity contribution is 6.23. The Hall–Kier alpha value is -6.46. The van der Waals surface area contributed by atoms with Crippen LogP contribution in [0.5, 0.6) is 5.75 Å². The van der Waals surface area contributed by atoms with Crippen molar-refractivity contribution in [1.29, 1.82) is 0 Å². The van der Waals surface area contributed by atoms with Crippen molar-refractivity contribution in [1.82, 2.24) is 18.9 Å². The maximum Gasteiger partial charge on any atom is 0.149 e. The van der Waals surface area contributed by atoms with Crippen molar-refractivity contribution in [2.24, 2.45) is 0 Å². The third kappa shape index (κ3) is 5.29. The van der Waals surface area contributed by atoms with Crippen LogP contribution in [0.25, 0.3) is 88.5 Å². The van der Waals surface area contributed by atoms with Crippen LogP contribution in [0.15, 0.2) is 121 Å².